The Morgan fingerprint density at radius 1 is 1.07 bits per heavy atom. The van der Waals surface area contributed by atoms with E-state index in [-0.39, 0.29) is 11.7 Å². The van der Waals surface area contributed by atoms with Crippen LogP contribution in [-0.2, 0) is 24.1 Å². The van der Waals surface area contributed by atoms with Crippen LogP contribution in [0.4, 0.5) is 5.69 Å². The number of phenols is 1. The lowest BCUT2D eigenvalue weighted by Gasteiger charge is -2.36. The van der Waals surface area contributed by atoms with Crippen molar-refractivity contribution in [3.05, 3.63) is 52.2 Å². The maximum Gasteiger partial charge on any atom is 0.220 e. The molecule has 1 aliphatic carbocycles. The second-order valence-corrected chi connectivity index (χ2v) is 12.4. The van der Waals surface area contributed by atoms with E-state index in [1.165, 1.54) is 42.3 Å². The fourth-order valence-corrected chi connectivity index (χ4v) is 6.39. The van der Waals surface area contributed by atoms with Crippen LogP contribution in [0.5, 0.6) is 17.2 Å². The van der Waals surface area contributed by atoms with E-state index in [1.807, 2.05) is 12.1 Å². The first kappa shape index (κ1) is 30.3. The lowest BCUT2D eigenvalue weighted by molar-refractivity contribution is -0.122. The fraction of sp³-hybridized carbons (Fsp3) is 0.529. The van der Waals surface area contributed by atoms with Crippen LogP contribution in [0.2, 0.25) is 5.02 Å². The predicted octanol–water partition coefficient (Wildman–Crippen LogP) is 7.52. The second-order valence-electron chi connectivity index (χ2n) is 12.0. The van der Waals surface area contributed by atoms with Crippen LogP contribution in [0.1, 0.15) is 88.0 Å². The highest BCUT2D eigenvalue weighted by atomic mass is 35.5. The van der Waals surface area contributed by atoms with Gasteiger partial charge in [-0.05, 0) is 100 Å². The normalized spacial score (nSPS) is 17.7. The number of nitrogens with zero attached hydrogens (tertiary/aromatic N) is 1. The van der Waals surface area contributed by atoms with E-state index in [4.69, 9.17) is 26.1 Å². The van der Waals surface area contributed by atoms with Crippen molar-refractivity contribution in [3.8, 4) is 17.2 Å². The number of fused-ring (bicyclic) bond motifs is 3. The van der Waals surface area contributed by atoms with Crippen molar-refractivity contribution >= 4 is 34.1 Å². The average Bonchev–Trinajstić information content (AvgIpc) is 2.98. The molecular formula is C34H44ClN3O4. The zero-order valence-corrected chi connectivity index (χ0v) is 25.7. The summed E-state index contributed by atoms with van der Waals surface area (Å²) in [5.41, 5.74) is 5.43. The van der Waals surface area contributed by atoms with E-state index >= 15 is 0 Å². The van der Waals surface area contributed by atoms with Gasteiger partial charge in [0.1, 0.15) is 11.4 Å². The van der Waals surface area contributed by atoms with Gasteiger partial charge in [-0.1, -0.05) is 30.9 Å². The summed E-state index contributed by atoms with van der Waals surface area (Å²) >= 11 is 6.25. The third kappa shape index (κ3) is 7.41. The zero-order chi connectivity index (χ0) is 29.5. The van der Waals surface area contributed by atoms with E-state index in [0.29, 0.717) is 25.1 Å². The minimum Gasteiger partial charge on any atom is -0.504 e. The number of halogens is 1. The van der Waals surface area contributed by atoms with Crippen LogP contribution >= 0.6 is 11.6 Å². The number of amides is 1. The number of phenolic OH excluding ortho intramolecular Hbond substituents is 1. The molecule has 0 saturated carbocycles. The van der Waals surface area contributed by atoms with Crippen LogP contribution in [0.3, 0.4) is 0 Å². The lowest BCUT2D eigenvalue weighted by Crippen LogP contribution is -2.38. The molecule has 1 atom stereocenters. The predicted molar refractivity (Wildman–Crippen MR) is 169 cm³/mol. The third-order valence-electron chi connectivity index (χ3n) is 8.72. The Morgan fingerprint density at radius 2 is 1.86 bits per heavy atom. The molecule has 7 nitrogen and oxygen atoms in total. The molecule has 0 bridgehead atoms. The summed E-state index contributed by atoms with van der Waals surface area (Å²) in [6, 6.07) is 9.48. The third-order valence-corrected chi connectivity index (χ3v) is 8.96. The smallest absolute Gasteiger partial charge is 0.220 e. The van der Waals surface area contributed by atoms with Crippen molar-refractivity contribution in [2.75, 3.05) is 25.5 Å². The summed E-state index contributed by atoms with van der Waals surface area (Å²) in [5, 5.41) is 18.8. The summed E-state index contributed by atoms with van der Waals surface area (Å²) < 4.78 is 11.5. The van der Waals surface area contributed by atoms with Gasteiger partial charge in [-0.2, -0.15) is 0 Å². The van der Waals surface area contributed by atoms with Crippen molar-refractivity contribution < 1.29 is 19.4 Å². The molecule has 1 aliphatic heterocycles. The molecule has 3 aromatic rings. The number of nitrogens with one attached hydrogen (secondary N) is 2. The van der Waals surface area contributed by atoms with E-state index in [2.05, 4.69) is 23.6 Å². The Balaban J connectivity index is 0.971. The molecule has 1 unspecified atom stereocenters. The lowest BCUT2D eigenvalue weighted by atomic mass is 9.88. The summed E-state index contributed by atoms with van der Waals surface area (Å²) in [7, 11) is 1.53. The summed E-state index contributed by atoms with van der Waals surface area (Å²) in [6.45, 7) is 3.72. The molecule has 42 heavy (non-hydrogen) atoms. The number of aryl methyl sites for hydroxylation is 2. The van der Waals surface area contributed by atoms with Gasteiger partial charge in [0.2, 0.25) is 5.91 Å². The van der Waals surface area contributed by atoms with Gasteiger partial charge in [0.05, 0.1) is 12.6 Å². The van der Waals surface area contributed by atoms with Crippen molar-refractivity contribution in [2.24, 2.45) is 0 Å². The molecule has 0 spiro atoms. The Morgan fingerprint density at radius 3 is 2.69 bits per heavy atom. The number of aromatic hydroxyl groups is 1. The number of hydrogen-bond acceptors (Lipinski definition) is 6. The van der Waals surface area contributed by atoms with Gasteiger partial charge >= 0.3 is 0 Å². The van der Waals surface area contributed by atoms with E-state index in [9.17, 15) is 9.90 Å². The number of carbonyl (C=O) groups is 1. The number of aromatic nitrogens is 1. The fourth-order valence-electron chi connectivity index (χ4n) is 6.23. The molecule has 1 amide bonds. The number of methoxy groups -OCH3 is 1. The average molecular weight is 594 g/mol. The highest BCUT2D eigenvalue weighted by Crippen LogP contribution is 2.41. The van der Waals surface area contributed by atoms with Gasteiger partial charge in [0.25, 0.3) is 0 Å². The summed E-state index contributed by atoms with van der Waals surface area (Å²) in [4.78, 5) is 17.4. The molecule has 2 heterocycles. The molecule has 5 rings (SSSR count). The Hall–Kier alpha value is -3.19. The number of ether oxygens (including phenoxy) is 2. The van der Waals surface area contributed by atoms with Crippen molar-refractivity contribution in [1.82, 2.24) is 10.3 Å². The second kappa shape index (κ2) is 13.9. The Bertz CT molecular complexity index is 1410. The van der Waals surface area contributed by atoms with E-state index in [1.54, 1.807) is 12.1 Å². The number of pyridine rings is 1. The molecule has 226 valence electrons. The minimum atomic E-state index is -0.407. The van der Waals surface area contributed by atoms with Crippen LogP contribution in [0, 0.1) is 0 Å². The van der Waals surface area contributed by atoms with E-state index < -0.39 is 5.60 Å². The van der Waals surface area contributed by atoms with Gasteiger partial charge in [-0.25, -0.2) is 0 Å². The van der Waals surface area contributed by atoms with Gasteiger partial charge in [0.15, 0.2) is 11.5 Å². The van der Waals surface area contributed by atoms with E-state index in [0.717, 1.165) is 86.2 Å². The first-order chi connectivity index (χ1) is 20.3. The maximum absolute atomic E-state index is 12.5. The SMILES string of the molecule is COc1cc2c(cc1O)CCC(C)(CCC(=O)NCCCCCCCNc1c3c(nc4cc(Cl)ccc14)CCCC3)O2. The number of carbonyl (C=O) groups excluding carboxylic acids is 1. The molecule has 0 saturated heterocycles. The molecular weight excluding hydrogens is 550 g/mol. The molecule has 2 aromatic carbocycles. The van der Waals surface area contributed by atoms with Crippen LogP contribution in [0.15, 0.2) is 30.3 Å². The molecule has 1 aromatic heterocycles. The van der Waals surface area contributed by atoms with Crippen molar-refractivity contribution in [2.45, 2.75) is 96.0 Å². The van der Waals surface area contributed by atoms with Gasteiger partial charge in [0, 0.05) is 47.4 Å². The summed E-state index contributed by atoms with van der Waals surface area (Å²) in [5.74, 6) is 1.33. The first-order valence-corrected chi connectivity index (χ1v) is 15.9. The zero-order valence-electron chi connectivity index (χ0n) is 25.0. The number of anilines is 1. The Labute approximate surface area is 254 Å². The number of benzene rings is 2. The highest BCUT2D eigenvalue weighted by Gasteiger charge is 2.32. The number of rotatable bonds is 13. The van der Waals surface area contributed by atoms with Gasteiger partial charge in [-0.15, -0.1) is 0 Å². The maximum atomic E-state index is 12.5. The van der Waals surface area contributed by atoms with Crippen molar-refractivity contribution in [1.29, 1.82) is 0 Å². The van der Waals surface area contributed by atoms with Gasteiger partial charge < -0.3 is 25.2 Å². The molecule has 2 aliphatic rings. The Kier molecular flexibility index (Phi) is 9.99. The summed E-state index contributed by atoms with van der Waals surface area (Å²) in [6.07, 6.45) is 12.8. The van der Waals surface area contributed by atoms with Crippen LogP contribution < -0.4 is 20.1 Å². The minimum absolute atomic E-state index is 0.0762. The van der Waals surface area contributed by atoms with Gasteiger partial charge in [-0.3, -0.25) is 9.78 Å². The van der Waals surface area contributed by atoms with Crippen LogP contribution in [-0.4, -0.2) is 41.8 Å². The standard InChI is InChI=1S/C34H44ClN3O4/c1-34(16-14-23-20-29(39)31(41-2)22-30(23)42-34)17-15-32(40)36-18-8-4-3-5-9-19-37-33-25-10-6-7-11-27(25)38-28-21-24(35)12-13-26(28)33/h12-13,20-22,39H,3-11,14-19H2,1-2H3,(H,36,40)(H,37,38). The monoisotopic (exact) mass is 593 g/mol. The molecule has 8 heteroatoms. The largest absolute Gasteiger partial charge is 0.504 e. The quantitative estimate of drug-likeness (QED) is 0.177. The first-order valence-electron chi connectivity index (χ1n) is 15.6. The number of unbranched alkanes of at least 4 members (excludes halogenated alkanes) is 4. The number of hydrogen-bond donors (Lipinski definition) is 3. The van der Waals surface area contributed by atoms with Crippen molar-refractivity contribution in [3.63, 3.8) is 0 Å². The molecule has 3 N–H and O–H groups in total. The molecule has 0 radical (unpaired) electrons. The highest BCUT2D eigenvalue weighted by molar-refractivity contribution is 6.31. The van der Waals surface area contributed by atoms with Crippen LogP contribution in [0.25, 0.3) is 10.9 Å². The topological polar surface area (TPSA) is 92.7 Å². The molecule has 0 fully saturated rings.